The van der Waals surface area contributed by atoms with E-state index in [1.165, 1.54) is 6.07 Å². The molecule has 1 heterocycles. The largest absolute Gasteiger partial charge is 0.478 e. The normalized spacial score (nSPS) is 11.8. The van der Waals surface area contributed by atoms with Gasteiger partial charge < -0.3 is 14.6 Å². The standard InChI is InChI=1S/C13H7BrO4/c14-8-4-2-6-10-12(8)18-11-7(13(15)16)3-1-5-9(11)17-10/h1-6H,(H,15,16). The van der Waals surface area contributed by atoms with Gasteiger partial charge in [-0.15, -0.1) is 0 Å². The lowest BCUT2D eigenvalue weighted by molar-refractivity contribution is 0.0693. The predicted octanol–water partition coefficient (Wildman–Crippen LogP) is 4.05. The summed E-state index contributed by atoms with van der Waals surface area (Å²) in [4.78, 5) is 11.1. The summed E-state index contributed by atoms with van der Waals surface area (Å²) in [5, 5.41) is 9.11. The van der Waals surface area contributed by atoms with Gasteiger partial charge in [0.15, 0.2) is 23.0 Å². The van der Waals surface area contributed by atoms with E-state index in [9.17, 15) is 4.79 Å². The van der Waals surface area contributed by atoms with Crippen LogP contribution in [-0.4, -0.2) is 11.1 Å². The van der Waals surface area contributed by atoms with Crippen molar-refractivity contribution in [2.45, 2.75) is 0 Å². The van der Waals surface area contributed by atoms with Crippen LogP contribution < -0.4 is 9.47 Å². The van der Waals surface area contributed by atoms with Gasteiger partial charge in [0, 0.05) is 0 Å². The minimum atomic E-state index is -1.05. The van der Waals surface area contributed by atoms with Crippen molar-refractivity contribution < 1.29 is 19.4 Å². The zero-order valence-corrected chi connectivity index (χ0v) is 10.6. The molecule has 0 radical (unpaired) electrons. The third-order valence-electron chi connectivity index (χ3n) is 2.56. The summed E-state index contributed by atoms with van der Waals surface area (Å²) in [6.07, 6.45) is 0. The van der Waals surface area contributed by atoms with Crippen molar-refractivity contribution in [1.82, 2.24) is 0 Å². The molecule has 3 rings (SSSR count). The maximum atomic E-state index is 11.1. The van der Waals surface area contributed by atoms with Crippen LogP contribution in [0.5, 0.6) is 23.0 Å². The summed E-state index contributed by atoms with van der Waals surface area (Å²) in [6.45, 7) is 0. The Morgan fingerprint density at radius 3 is 2.39 bits per heavy atom. The van der Waals surface area contributed by atoms with Gasteiger partial charge in [-0.3, -0.25) is 0 Å². The zero-order chi connectivity index (χ0) is 12.7. The summed E-state index contributed by atoms with van der Waals surface area (Å²) in [7, 11) is 0. The number of carboxylic acids is 1. The van der Waals surface area contributed by atoms with E-state index < -0.39 is 5.97 Å². The van der Waals surface area contributed by atoms with Gasteiger partial charge in [0.1, 0.15) is 5.56 Å². The molecular formula is C13H7BrO4. The fourth-order valence-electron chi connectivity index (χ4n) is 1.76. The number of aromatic carboxylic acids is 1. The molecule has 0 amide bonds. The van der Waals surface area contributed by atoms with E-state index in [0.29, 0.717) is 21.7 Å². The SMILES string of the molecule is O=C(O)c1cccc2c1Oc1c(Br)cccc1O2. The molecule has 1 aliphatic heterocycles. The summed E-state index contributed by atoms with van der Waals surface area (Å²) < 4.78 is 12.0. The first-order chi connectivity index (χ1) is 8.66. The van der Waals surface area contributed by atoms with Crippen LogP contribution in [0.25, 0.3) is 0 Å². The highest BCUT2D eigenvalue weighted by Crippen LogP contribution is 2.49. The lowest BCUT2D eigenvalue weighted by Crippen LogP contribution is -2.05. The highest BCUT2D eigenvalue weighted by Gasteiger charge is 2.25. The van der Waals surface area contributed by atoms with Gasteiger partial charge in [-0.05, 0) is 40.2 Å². The van der Waals surface area contributed by atoms with Gasteiger partial charge >= 0.3 is 5.97 Å². The third-order valence-corrected chi connectivity index (χ3v) is 3.19. The molecule has 18 heavy (non-hydrogen) atoms. The first-order valence-electron chi connectivity index (χ1n) is 5.17. The molecule has 90 valence electrons. The van der Waals surface area contributed by atoms with Crippen molar-refractivity contribution in [2.75, 3.05) is 0 Å². The lowest BCUT2D eigenvalue weighted by atomic mass is 10.1. The van der Waals surface area contributed by atoms with Gasteiger partial charge in [-0.1, -0.05) is 12.1 Å². The Hall–Kier alpha value is -2.01. The van der Waals surface area contributed by atoms with Crippen molar-refractivity contribution in [3.8, 4) is 23.0 Å². The van der Waals surface area contributed by atoms with E-state index >= 15 is 0 Å². The van der Waals surface area contributed by atoms with Crippen LogP contribution in [-0.2, 0) is 0 Å². The molecule has 0 atom stereocenters. The van der Waals surface area contributed by atoms with Gasteiger partial charge in [0.2, 0.25) is 0 Å². The Balaban J connectivity index is 2.17. The molecule has 2 aromatic carbocycles. The van der Waals surface area contributed by atoms with Crippen LogP contribution >= 0.6 is 15.9 Å². The Morgan fingerprint density at radius 2 is 1.67 bits per heavy atom. The molecule has 0 aromatic heterocycles. The second-order valence-corrected chi connectivity index (χ2v) is 4.56. The summed E-state index contributed by atoms with van der Waals surface area (Å²) >= 11 is 3.34. The first kappa shape index (κ1) is 11.1. The number of ether oxygens (including phenoxy) is 2. The number of carbonyl (C=O) groups is 1. The number of halogens is 1. The Morgan fingerprint density at radius 1 is 1.00 bits per heavy atom. The highest BCUT2D eigenvalue weighted by molar-refractivity contribution is 9.10. The van der Waals surface area contributed by atoms with E-state index in [1.807, 2.05) is 6.07 Å². The van der Waals surface area contributed by atoms with Crippen molar-refractivity contribution in [2.24, 2.45) is 0 Å². The molecule has 0 aliphatic carbocycles. The van der Waals surface area contributed by atoms with E-state index in [1.54, 1.807) is 24.3 Å². The topological polar surface area (TPSA) is 55.8 Å². The molecule has 0 saturated carbocycles. The summed E-state index contributed by atoms with van der Waals surface area (Å²) in [6, 6.07) is 10.2. The van der Waals surface area contributed by atoms with Crippen molar-refractivity contribution in [1.29, 1.82) is 0 Å². The molecular weight excluding hydrogens is 300 g/mol. The van der Waals surface area contributed by atoms with E-state index in [2.05, 4.69) is 15.9 Å². The molecule has 1 aliphatic rings. The van der Waals surface area contributed by atoms with Crippen molar-refractivity contribution in [3.05, 3.63) is 46.4 Å². The average molecular weight is 307 g/mol. The van der Waals surface area contributed by atoms with Crippen LogP contribution in [0.1, 0.15) is 10.4 Å². The molecule has 2 aromatic rings. The van der Waals surface area contributed by atoms with Gasteiger partial charge in [0.25, 0.3) is 0 Å². The zero-order valence-electron chi connectivity index (χ0n) is 9.01. The molecule has 1 N–H and O–H groups in total. The monoisotopic (exact) mass is 306 g/mol. The van der Waals surface area contributed by atoms with Crippen LogP contribution in [0.2, 0.25) is 0 Å². The van der Waals surface area contributed by atoms with Crippen LogP contribution in [0.3, 0.4) is 0 Å². The third kappa shape index (κ3) is 1.64. The second-order valence-electron chi connectivity index (χ2n) is 3.71. The Labute approximate surface area is 111 Å². The maximum Gasteiger partial charge on any atom is 0.339 e. The number of rotatable bonds is 1. The number of carboxylic acid groups (broad SMARTS) is 1. The van der Waals surface area contributed by atoms with Crippen LogP contribution in [0, 0.1) is 0 Å². The van der Waals surface area contributed by atoms with Crippen LogP contribution in [0.4, 0.5) is 0 Å². The quantitative estimate of drug-likeness (QED) is 0.737. The number of para-hydroxylation sites is 2. The molecule has 0 bridgehead atoms. The lowest BCUT2D eigenvalue weighted by Gasteiger charge is -2.22. The number of benzene rings is 2. The minimum absolute atomic E-state index is 0.0777. The average Bonchev–Trinajstić information content (AvgIpc) is 2.36. The first-order valence-corrected chi connectivity index (χ1v) is 5.96. The molecule has 0 saturated heterocycles. The van der Waals surface area contributed by atoms with Gasteiger partial charge in [-0.2, -0.15) is 0 Å². The molecule has 0 fully saturated rings. The molecule has 0 spiro atoms. The number of hydrogen-bond acceptors (Lipinski definition) is 3. The smallest absolute Gasteiger partial charge is 0.339 e. The second kappa shape index (κ2) is 4.03. The van der Waals surface area contributed by atoms with E-state index in [-0.39, 0.29) is 11.3 Å². The van der Waals surface area contributed by atoms with E-state index in [0.717, 1.165) is 0 Å². The summed E-state index contributed by atoms with van der Waals surface area (Å²) in [5.74, 6) is 0.619. The van der Waals surface area contributed by atoms with E-state index in [4.69, 9.17) is 14.6 Å². The van der Waals surface area contributed by atoms with Crippen LogP contribution in [0.15, 0.2) is 40.9 Å². The fraction of sp³-hybridized carbons (Fsp3) is 0. The molecule has 0 unspecified atom stereocenters. The molecule has 4 nitrogen and oxygen atoms in total. The highest BCUT2D eigenvalue weighted by atomic mass is 79.9. The number of fused-ring (bicyclic) bond motifs is 2. The Bertz CT molecular complexity index is 651. The molecule has 5 heteroatoms. The van der Waals surface area contributed by atoms with Gasteiger partial charge in [-0.25, -0.2) is 4.79 Å². The Kier molecular flexibility index (Phi) is 2.48. The summed E-state index contributed by atoms with van der Waals surface area (Å²) in [5.41, 5.74) is 0.0777. The fourth-order valence-corrected chi connectivity index (χ4v) is 2.19. The maximum absolute atomic E-state index is 11.1. The minimum Gasteiger partial charge on any atom is -0.478 e. The predicted molar refractivity (Wildman–Crippen MR) is 67.7 cm³/mol. The number of hydrogen-bond donors (Lipinski definition) is 1. The van der Waals surface area contributed by atoms with Crippen molar-refractivity contribution >= 4 is 21.9 Å². The van der Waals surface area contributed by atoms with Crippen molar-refractivity contribution in [3.63, 3.8) is 0 Å². The van der Waals surface area contributed by atoms with Gasteiger partial charge in [0.05, 0.1) is 4.47 Å².